The van der Waals surface area contributed by atoms with Crippen molar-refractivity contribution in [3.05, 3.63) is 60.3 Å². The van der Waals surface area contributed by atoms with E-state index < -0.39 is 0 Å². The van der Waals surface area contributed by atoms with E-state index in [1.807, 2.05) is 36.5 Å². The second kappa shape index (κ2) is 7.48. The standard InChI is InChI=1S/C20H23N3OS/c24-20(15-25-14-16-6-2-1-3-7-16)23-11-9-17-12-22(13-18(17)23)19-8-4-5-10-21-19/h1-8,10,17-18H,9,11-15H2. The lowest BCUT2D eigenvalue weighted by atomic mass is 10.1. The zero-order chi connectivity index (χ0) is 17.1. The van der Waals surface area contributed by atoms with E-state index >= 15 is 0 Å². The van der Waals surface area contributed by atoms with E-state index in [1.54, 1.807) is 11.8 Å². The number of hydrogen-bond donors (Lipinski definition) is 0. The van der Waals surface area contributed by atoms with Gasteiger partial charge in [0.2, 0.25) is 5.91 Å². The maximum atomic E-state index is 12.7. The number of aromatic nitrogens is 1. The van der Waals surface area contributed by atoms with Crippen LogP contribution < -0.4 is 4.90 Å². The first-order valence-electron chi connectivity index (χ1n) is 8.88. The molecule has 2 aliphatic heterocycles. The summed E-state index contributed by atoms with van der Waals surface area (Å²) < 4.78 is 0. The van der Waals surface area contributed by atoms with Crippen LogP contribution in [0.2, 0.25) is 0 Å². The number of likely N-dealkylation sites (tertiary alicyclic amines) is 1. The monoisotopic (exact) mass is 353 g/mol. The van der Waals surface area contributed by atoms with Gasteiger partial charge in [0.1, 0.15) is 5.82 Å². The molecule has 2 aliphatic rings. The summed E-state index contributed by atoms with van der Waals surface area (Å²) in [5, 5.41) is 0. The SMILES string of the molecule is O=C(CSCc1ccccc1)N1CCC2CN(c3ccccn3)CC21. The molecule has 2 atom stereocenters. The van der Waals surface area contributed by atoms with E-state index in [4.69, 9.17) is 0 Å². The Hall–Kier alpha value is -2.01. The summed E-state index contributed by atoms with van der Waals surface area (Å²) in [6.07, 6.45) is 2.95. The van der Waals surface area contributed by atoms with Gasteiger partial charge in [-0.1, -0.05) is 36.4 Å². The third kappa shape index (κ3) is 3.66. The third-order valence-electron chi connectivity index (χ3n) is 5.18. The van der Waals surface area contributed by atoms with E-state index in [9.17, 15) is 4.79 Å². The van der Waals surface area contributed by atoms with Crippen LogP contribution in [0.25, 0.3) is 0 Å². The number of thioether (sulfide) groups is 1. The maximum absolute atomic E-state index is 12.7. The van der Waals surface area contributed by atoms with E-state index in [0.29, 0.717) is 17.7 Å². The van der Waals surface area contributed by atoms with Crippen molar-refractivity contribution in [3.63, 3.8) is 0 Å². The summed E-state index contributed by atoms with van der Waals surface area (Å²) in [6, 6.07) is 16.7. The van der Waals surface area contributed by atoms with Gasteiger partial charge in [-0.05, 0) is 24.1 Å². The number of rotatable bonds is 5. The van der Waals surface area contributed by atoms with Crippen LogP contribution in [-0.4, -0.2) is 47.2 Å². The van der Waals surface area contributed by atoms with Crippen LogP contribution >= 0.6 is 11.8 Å². The second-order valence-corrected chi connectivity index (χ2v) is 7.76. The third-order valence-corrected chi connectivity index (χ3v) is 6.17. The average molecular weight is 353 g/mol. The van der Waals surface area contributed by atoms with E-state index in [2.05, 4.69) is 33.0 Å². The zero-order valence-electron chi connectivity index (χ0n) is 14.3. The highest BCUT2D eigenvalue weighted by Crippen LogP contribution is 2.33. The number of hydrogen-bond acceptors (Lipinski definition) is 4. The molecule has 3 heterocycles. The van der Waals surface area contributed by atoms with Crippen molar-refractivity contribution in [2.24, 2.45) is 5.92 Å². The van der Waals surface area contributed by atoms with Gasteiger partial charge in [-0.2, -0.15) is 0 Å². The predicted molar refractivity (Wildman–Crippen MR) is 103 cm³/mol. The molecule has 4 nitrogen and oxygen atoms in total. The minimum absolute atomic E-state index is 0.288. The van der Waals surface area contributed by atoms with Crippen LogP contribution in [-0.2, 0) is 10.5 Å². The number of pyridine rings is 1. The van der Waals surface area contributed by atoms with Crippen LogP contribution in [0, 0.1) is 5.92 Å². The number of carbonyl (C=O) groups is 1. The Bertz CT molecular complexity index is 709. The molecule has 4 rings (SSSR count). The molecule has 2 unspecified atom stereocenters. The minimum Gasteiger partial charge on any atom is -0.354 e. The van der Waals surface area contributed by atoms with E-state index in [0.717, 1.165) is 37.6 Å². The van der Waals surface area contributed by atoms with Crippen molar-refractivity contribution in [1.29, 1.82) is 0 Å². The molecule has 0 saturated carbocycles. The summed E-state index contributed by atoms with van der Waals surface area (Å²) in [7, 11) is 0. The molecular weight excluding hydrogens is 330 g/mol. The first-order chi connectivity index (χ1) is 12.3. The maximum Gasteiger partial charge on any atom is 0.232 e. The highest BCUT2D eigenvalue weighted by Gasteiger charge is 2.43. The normalized spacial score (nSPS) is 22.2. The van der Waals surface area contributed by atoms with Crippen molar-refractivity contribution in [1.82, 2.24) is 9.88 Å². The van der Waals surface area contributed by atoms with Crippen LogP contribution in [0.3, 0.4) is 0 Å². The summed E-state index contributed by atoms with van der Waals surface area (Å²) in [6.45, 7) is 2.84. The van der Waals surface area contributed by atoms with Crippen molar-refractivity contribution in [2.75, 3.05) is 30.3 Å². The lowest BCUT2D eigenvalue weighted by Gasteiger charge is -2.25. The molecule has 2 aromatic rings. The zero-order valence-corrected chi connectivity index (χ0v) is 15.1. The fourth-order valence-corrected chi connectivity index (χ4v) is 4.78. The van der Waals surface area contributed by atoms with Crippen molar-refractivity contribution in [3.8, 4) is 0 Å². The lowest BCUT2D eigenvalue weighted by molar-refractivity contribution is -0.129. The average Bonchev–Trinajstić information content (AvgIpc) is 3.24. The molecule has 2 saturated heterocycles. The molecule has 1 aromatic carbocycles. The Morgan fingerprint density at radius 1 is 1.12 bits per heavy atom. The first kappa shape index (κ1) is 16.5. The van der Waals surface area contributed by atoms with Crippen LogP contribution in [0.5, 0.6) is 0 Å². The molecule has 0 N–H and O–H groups in total. The molecule has 1 aromatic heterocycles. The Balaban J connectivity index is 1.32. The largest absolute Gasteiger partial charge is 0.354 e. The van der Waals surface area contributed by atoms with Crippen molar-refractivity contribution in [2.45, 2.75) is 18.2 Å². The number of fused-ring (bicyclic) bond motifs is 1. The highest BCUT2D eigenvalue weighted by molar-refractivity contribution is 7.99. The lowest BCUT2D eigenvalue weighted by Crippen LogP contribution is -2.40. The van der Waals surface area contributed by atoms with Crippen molar-refractivity contribution >= 4 is 23.5 Å². The van der Waals surface area contributed by atoms with Gasteiger partial charge >= 0.3 is 0 Å². The molecule has 130 valence electrons. The Morgan fingerprint density at radius 2 is 1.96 bits per heavy atom. The minimum atomic E-state index is 0.288. The summed E-state index contributed by atoms with van der Waals surface area (Å²) >= 11 is 1.72. The summed E-state index contributed by atoms with van der Waals surface area (Å²) in [4.78, 5) is 21.6. The molecule has 5 heteroatoms. The van der Waals surface area contributed by atoms with E-state index in [1.165, 1.54) is 5.56 Å². The molecule has 0 bridgehead atoms. The molecule has 0 radical (unpaired) electrons. The quantitative estimate of drug-likeness (QED) is 0.828. The molecular formula is C20H23N3OS. The van der Waals surface area contributed by atoms with Crippen LogP contribution in [0.4, 0.5) is 5.82 Å². The second-order valence-electron chi connectivity index (χ2n) is 6.77. The molecule has 1 amide bonds. The Labute approximate surface area is 153 Å². The Kier molecular flexibility index (Phi) is 4.92. The molecule has 0 aliphatic carbocycles. The topological polar surface area (TPSA) is 36.4 Å². The number of anilines is 1. The highest BCUT2D eigenvalue weighted by atomic mass is 32.2. The molecule has 2 fully saturated rings. The van der Waals surface area contributed by atoms with Gasteiger partial charge in [0.25, 0.3) is 0 Å². The van der Waals surface area contributed by atoms with Gasteiger partial charge in [0.15, 0.2) is 0 Å². The van der Waals surface area contributed by atoms with Gasteiger partial charge in [-0.15, -0.1) is 11.8 Å². The summed E-state index contributed by atoms with van der Waals surface area (Å²) in [5.41, 5.74) is 1.28. The van der Waals surface area contributed by atoms with Crippen LogP contribution in [0.1, 0.15) is 12.0 Å². The molecule has 25 heavy (non-hydrogen) atoms. The summed E-state index contributed by atoms with van der Waals surface area (Å²) in [5.74, 6) is 3.38. The smallest absolute Gasteiger partial charge is 0.232 e. The molecule has 0 spiro atoms. The van der Waals surface area contributed by atoms with Crippen molar-refractivity contribution < 1.29 is 4.79 Å². The van der Waals surface area contributed by atoms with Crippen LogP contribution in [0.15, 0.2) is 54.7 Å². The fourth-order valence-electron chi connectivity index (χ4n) is 3.91. The van der Waals surface area contributed by atoms with Gasteiger partial charge in [0, 0.05) is 37.5 Å². The van der Waals surface area contributed by atoms with E-state index in [-0.39, 0.29) is 5.91 Å². The Morgan fingerprint density at radius 3 is 2.76 bits per heavy atom. The van der Waals surface area contributed by atoms with Gasteiger partial charge < -0.3 is 9.80 Å². The number of amides is 1. The predicted octanol–water partition coefficient (Wildman–Crippen LogP) is 3.05. The van der Waals surface area contributed by atoms with Gasteiger partial charge in [0.05, 0.1) is 11.8 Å². The fraction of sp³-hybridized carbons (Fsp3) is 0.400. The van der Waals surface area contributed by atoms with Gasteiger partial charge in [-0.25, -0.2) is 4.98 Å². The first-order valence-corrected chi connectivity index (χ1v) is 10.0. The number of carbonyl (C=O) groups excluding carboxylic acids is 1. The number of nitrogens with zero attached hydrogens (tertiary/aromatic N) is 3. The number of benzene rings is 1. The van der Waals surface area contributed by atoms with Gasteiger partial charge in [-0.3, -0.25) is 4.79 Å².